The summed E-state index contributed by atoms with van der Waals surface area (Å²) >= 11 is 0. The van der Waals surface area contributed by atoms with E-state index in [0.717, 1.165) is 5.69 Å². The molecule has 1 aromatic carbocycles. The number of hydrogen-bond donors (Lipinski definition) is 4. The lowest BCUT2D eigenvalue weighted by molar-refractivity contribution is 0.588. The number of nitrogens with one attached hydrogen (secondary N) is 3. The van der Waals surface area contributed by atoms with Gasteiger partial charge in [-0.1, -0.05) is 0 Å². The average Bonchev–Trinajstić information content (AvgIpc) is 2.90. The zero-order valence-electron chi connectivity index (χ0n) is 10.3. The normalized spacial score (nSPS) is 11.4. The fraction of sp³-hybridized carbons (Fsp3) is 0.182. The maximum atomic E-state index is 11.9. The highest BCUT2D eigenvalue weighted by Gasteiger charge is 2.17. The number of aromatic amines is 1. The molecule has 0 aliphatic rings. The van der Waals surface area contributed by atoms with Crippen molar-refractivity contribution in [3.8, 4) is 0 Å². The minimum absolute atomic E-state index is 0.120. The Kier molecular flexibility index (Phi) is 3.72. The van der Waals surface area contributed by atoms with E-state index in [0.29, 0.717) is 17.9 Å². The van der Waals surface area contributed by atoms with E-state index < -0.39 is 10.0 Å². The van der Waals surface area contributed by atoms with E-state index in [9.17, 15) is 8.42 Å². The van der Waals surface area contributed by atoms with Crippen LogP contribution in [0.25, 0.3) is 0 Å². The van der Waals surface area contributed by atoms with Crippen LogP contribution in [-0.4, -0.2) is 25.4 Å². The van der Waals surface area contributed by atoms with Crippen molar-refractivity contribution in [2.45, 2.75) is 11.4 Å². The molecule has 8 heteroatoms. The second-order valence-electron chi connectivity index (χ2n) is 3.89. The van der Waals surface area contributed by atoms with E-state index in [1.54, 1.807) is 24.7 Å². The number of nitrogens with zero attached hydrogens (tertiary/aromatic N) is 1. The van der Waals surface area contributed by atoms with Gasteiger partial charge in [0.1, 0.15) is 4.90 Å². The Morgan fingerprint density at radius 3 is 2.84 bits per heavy atom. The van der Waals surface area contributed by atoms with Gasteiger partial charge in [-0.25, -0.2) is 18.1 Å². The molecule has 0 saturated carbocycles. The number of aromatic nitrogens is 2. The van der Waals surface area contributed by atoms with Crippen molar-refractivity contribution in [2.75, 3.05) is 18.1 Å². The van der Waals surface area contributed by atoms with Gasteiger partial charge >= 0.3 is 0 Å². The van der Waals surface area contributed by atoms with Gasteiger partial charge in [-0.05, 0) is 25.2 Å². The van der Waals surface area contributed by atoms with E-state index in [1.807, 2.05) is 0 Å². The first kappa shape index (κ1) is 13.4. The lowest BCUT2D eigenvalue weighted by Crippen LogP contribution is -2.20. The molecule has 0 saturated heterocycles. The van der Waals surface area contributed by atoms with Crippen LogP contribution in [0.3, 0.4) is 0 Å². The van der Waals surface area contributed by atoms with Gasteiger partial charge in [0, 0.05) is 11.9 Å². The molecule has 0 aliphatic heterocycles. The topological polar surface area (TPSA) is 113 Å². The Hall–Kier alpha value is -2.06. The molecular formula is C11H15N5O2S. The van der Waals surface area contributed by atoms with Crippen LogP contribution in [0.2, 0.25) is 0 Å². The number of rotatable bonds is 5. The minimum atomic E-state index is -3.56. The molecule has 0 radical (unpaired) electrons. The molecule has 1 heterocycles. The Balaban J connectivity index is 2.30. The number of benzene rings is 1. The first-order valence-electron chi connectivity index (χ1n) is 5.57. The highest BCUT2D eigenvalue weighted by Crippen LogP contribution is 2.24. The number of nitrogens with two attached hydrogens (primary N) is 1. The maximum absolute atomic E-state index is 11.9. The first-order valence-corrected chi connectivity index (χ1v) is 7.05. The van der Waals surface area contributed by atoms with E-state index in [4.69, 9.17) is 5.73 Å². The van der Waals surface area contributed by atoms with Crippen LogP contribution in [0.15, 0.2) is 35.6 Å². The molecule has 0 unspecified atom stereocenters. The zero-order valence-corrected chi connectivity index (χ0v) is 11.2. The van der Waals surface area contributed by atoms with Crippen LogP contribution in [-0.2, 0) is 16.6 Å². The molecule has 7 nitrogen and oxygen atoms in total. The van der Waals surface area contributed by atoms with Crippen molar-refractivity contribution < 1.29 is 8.42 Å². The highest BCUT2D eigenvalue weighted by atomic mass is 32.2. The fourth-order valence-corrected chi connectivity index (χ4v) is 2.53. The summed E-state index contributed by atoms with van der Waals surface area (Å²) in [5.41, 5.74) is 7.36. The lowest BCUT2D eigenvalue weighted by atomic mass is 10.3. The Morgan fingerprint density at radius 2 is 2.21 bits per heavy atom. The van der Waals surface area contributed by atoms with Crippen LogP contribution in [0.4, 0.5) is 11.4 Å². The molecule has 19 heavy (non-hydrogen) atoms. The summed E-state index contributed by atoms with van der Waals surface area (Å²) in [5, 5.41) is 3.04. The second kappa shape index (κ2) is 5.29. The van der Waals surface area contributed by atoms with E-state index in [-0.39, 0.29) is 4.90 Å². The van der Waals surface area contributed by atoms with Crippen molar-refractivity contribution in [3.05, 3.63) is 36.4 Å². The number of hydrogen-bond acceptors (Lipinski definition) is 5. The summed E-state index contributed by atoms with van der Waals surface area (Å²) in [4.78, 5) is 6.94. The Bertz CT molecular complexity index is 652. The Labute approximate surface area is 111 Å². The third kappa shape index (κ3) is 3.04. The number of imidazole rings is 1. The average molecular weight is 281 g/mol. The smallest absolute Gasteiger partial charge is 0.242 e. The predicted octanol–water partition coefficient (Wildman–Crippen LogP) is 0.512. The summed E-state index contributed by atoms with van der Waals surface area (Å²) in [7, 11) is -2.20. The predicted molar refractivity (Wildman–Crippen MR) is 73.0 cm³/mol. The third-order valence-corrected chi connectivity index (χ3v) is 4.04. The SMILES string of the molecule is CNS(=O)(=O)c1cc(N)ccc1NCc1cnc[nH]1. The number of anilines is 2. The molecule has 0 aliphatic carbocycles. The lowest BCUT2D eigenvalue weighted by Gasteiger charge is -2.12. The monoisotopic (exact) mass is 281 g/mol. The third-order valence-electron chi connectivity index (χ3n) is 2.59. The minimum Gasteiger partial charge on any atom is -0.399 e. The molecule has 0 fully saturated rings. The van der Waals surface area contributed by atoms with Crippen LogP contribution in [0, 0.1) is 0 Å². The van der Waals surface area contributed by atoms with E-state index in [1.165, 1.54) is 13.1 Å². The van der Waals surface area contributed by atoms with E-state index >= 15 is 0 Å². The molecule has 0 spiro atoms. The number of sulfonamides is 1. The van der Waals surface area contributed by atoms with Gasteiger partial charge in [0.05, 0.1) is 24.3 Å². The van der Waals surface area contributed by atoms with Gasteiger partial charge in [-0.3, -0.25) is 0 Å². The molecule has 5 N–H and O–H groups in total. The number of nitrogen functional groups attached to an aromatic ring is 1. The van der Waals surface area contributed by atoms with Crippen molar-refractivity contribution in [3.63, 3.8) is 0 Å². The van der Waals surface area contributed by atoms with Gasteiger partial charge in [-0.15, -0.1) is 0 Å². The summed E-state index contributed by atoms with van der Waals surface area (Å²) < 4.78 is 26.1. The van der Waals surface area contributed by atoms with Gasteiger partial charge in [0.2, 0.25) is 10.0 Å². The quantitative estimate of drug-likeness (QED) is 0.596. The van der Waals surface area contributed by atoms with Crippen LogP contribution in [0.5, 0.6) is 0 Å². The van der Waals surface area contributed by atoms with Gasteiger partial charge in [0.15, 0.2) is 0 Å². The molecule has 102 valence electrons. The standard InChI is InChI=1S/C11H15N5O2S/c1-13-19(17,18)11-4-8(12)2-3-10(11)15-6-9-5-14-7-16-9/h2-5,7,13,15H,6,12H2,1H3,(H,14,16). The van der Waals surface area contributed by atoms with Gasteiger partial charge in [0.25, 0.3) is 0 Å². The number of H-pyrrole nitrogens is 1. The van der Waals surface area contributed by atoms with Crippen LogP contribution >= 0.6 is 0 Å². The highest BCUT2D eigenvalue weighted by molar-refractivity contribution is 7.89. The van der Waals surface area contributed by atoms with E-state index in [2.05, 4.69) is 20.0 Å². The first-order chi connectivity index (χ1) is 9.03. The summed E-state index contributed by atoms with van der Waals surface area (Å²) in [6.07, 6.45) is 3.22. The summed E-state index contributed by atoms with van der Waals surface area (Å²) in [6, 6.07) is 4.70. The van der Waals surface area contributed by atoms with Crippen LogP contribution in [0.1, 0.15) is 5.69 Å². The summed E-state index contributed by atoms with van der Waals surface area (Å²) in [6.45, 7) is 0.441. The van der Waals surface area contributed by atoms with Crippen LogP contribution < -0.4 is 15.8 Å². The molecule has 2 aromatic rings. The molecule has 2 rings (SSSR count). The van der Waals surface area contributed by atoms with Crippen molar-refractivity contribution >= 4 is 21.4 Å². The fourth-order valence-electron chi connectivity index (χ4n) is 1.59. The second-order valence-corrected chi connectivity index (χ2v) is 5.75. The largest absolute Gasteiger partial charge is 0.399 e. The van der Waals surface area contributed by atoms with Crippen molar-refractivity contribution in [2.24, 2.45) is 0 Å². The molecular weight excluding hydrogens is 266 g/mol. The molecule has 1 aromatic heterocycles. The van der Waals surface area contributed by atoms with Crippen molar-refractivity contribution in [1.82, 2.24) is 14.7 Å². The zero-order chi connectivity index (χ0) is 13.9. The Morgan fingerprint density at radius 1 is 1.42 bits per heavy atom. The van der Waals surface area contributed by atoms with Crippen molar-refractivity contribution in [1.29, 1.82) is 0 Å². The maximum Gasteiger partial charge on any atom is 0.242 e. The molecule has 0 atom stereocenters. The molecule has 0 amide bonds. The van der Waals surface area contributed by atoms with Gasteiger partial charge < -0.3 is 16.0 Å². The van der Waals surface area contributed by atoms with Gasteiger partial charge in [-0.2, -0.15) is 0 Å². The summed E-state index contributed by atoms with van der Waals surface area (Å²) in [5.74, 6) is 0. The molecule has 0 bridgehead atoms.